The SMILES string of the molecule is C/C=C/C=C/C(=O)NC1(C(=O)O)CCCCCC1. The maximum atomic E-state index is 11.7. The topological polar surface area (TPSA) is 66.4 Å². The number of rotatable bonds is 4. The Morgan fingerprint density at radius 2 is 1.72 bits per heavy atom. The molecule has 1 aliphatic carbocycles. The minimum absolute atomic E-state index is 0.336. The van der Waals surface area contributed by atoms with Crippen LogP contribution >= 0.6 is 0 Å². The van der Waals surface area contributed by atoms with Gasteiger partial charge in [0.05, 0.1) is 0 Å². The Labute approximate surface area is 108 Å². The van der Waals surface area contributed by atoms with E-state index < -0.39 is 11.5 Å². The van der Waals surface area contributed by atoms with Gasteiger partial charge in [-0.2, -0.15) is 0 Å². The lowest BCUT2D eigenvalue weighted by molar-refractivity contribution is -0.147. The number of aliphatic carboxylic acids is 1. The third-order valence-electron chi connectivity index (χ3n) is 3.28. The van der Waals surface area contributed by atoms with E-state index >= 15 is 0 Å². The van der Waals surface area contributed by atoms with Crippen LogP contribution in [-0.2, 0) is 9.59 Å². The lowest BCUT2D eigenvalue weighted by Crippen LogP contribution is -2.53. The van der Waals surface area contributed by atoms with Gasteiger partial charge in [-0.1, -0.05) is 43.9 Å². The maximum absolute atomic E-state index is 11.7. The van der Waals surface area contributed by atoms with Crippen LogP contribution in [0.15, 0.2) is 24.3 Å². The van der Waals surface area contributed by atoms with Crippen LogP contribution in [0.4, 0.5) is 0 Å². The van der Waals surface area contributed by atoms with Crippen LogP contribution in [-0.4, -0.2) is 22.5 Å². The number of carbonyl (C=O) groups excluding carboxylic acids is 1. The van der Waals surface area contributed by atoms with Crippen molar-refractivity contribution < 1.29 is 14.7 Å². The Bertz CT molecular complexity index is 350. The van der Waals surface area contributed by atoms with Gasteiger partial charge in [-0.15, -0.1) is 0 Å². The molecule has 2 N–H and O–H groups in total. The molecule has 100 valence electrons. The molecule has 1 rings (SSSR count). The fourth-order valence-corrected chi connectivity index (χ4v) is 2.26. The highest BCUT2D eigenvalue weighted by Crippen LogP contribution is 2.27. The van der Waals surface area contributed by atoms with E-state index in [1.165, 1.54) is 6.08 Å². The van der Waals surface area contributed by atoms with E-state index in [0.29, 0.717) is 12.8 Å². The lowest BCUT2D eigenvalue weighted by Gasteiger charge is -2.28. The summed E-state index contributed by atoms with van der Waals surface area (Å²) in [5.41, 5.74) is -1.08. The first-order chi connectivity index (χ1) is 8.60. The first kappa shape index (κ1) is 14.5. The average Bonchev–Trinajstić information content (AvgIpc) is 2.56. The van der Waals surface area contributed by atoms with Gasteiger partial charge in [-0.05, 0) is 19.8 Å². The molecular formula is C14H21NO3. The first-order valence-corrected chi connectivity index (χ1v) is 6.45. The van der Waals surface area contributed by atoms with Gasteiger partial charge < -0.3 is 10.4 Å². The van der Waals surface area contributed by atoms with Crippen molar-refractivity contribution in [2.75, 3.05) is 0 Å². The summed E-state index contributed by atoms with van der Waals surface area (Å²) in [5, 5.41) is 12.1. The molecule has 0 heterocycles. The van der Waals surface area contributed by atoms with Crippen molar-refractivity contribution in [2.24, 2.45) is 0 Å². The van der Waals surface area contributed by atoms with Crippen molar-refractivity contribution in [1.82, 2.24) is 5.32 Å². The third-order valence-corrected chi connectivity index (χ3v) is 3.28. The zero-order valence-electron chi connectivity index (χ0n) is 10.8. The summed E-state index contributed by atoms with van der Waals surface area (Å²) >= 11 is 0. The molecule has 18 heavy (non-hydrogen) atoms. The predicted octanol–water partition coefficient (Wildman–Crippen LogP) is 2.41. The Hall–Kier alpha value is -1.58. The second-order valence-corrected chi connectivity index (χ2v) is 4.68. The molecular weight excluding hydrogens is 230 g/mol. The molecule has 0 atom stereocenters. The number of nitrogens with one attached hydrogen (secondary N) is 1. The molecule has 0 unspecified atom stereocenters. The number of hydrogen-bond acceptors (Lipinski definition) is 2. The number of amides is 1. The summed E-state index contributed by atoms with van der Waals surface area (Å²) in [6.45, 7) is 1.85. The molecule has 0 aromatic heterocycles. The highest BCUT2D eigenvalue weighted by atomic mass is 16.4. The summed E-state index contributed by atoms with van der Waals surface area (Å²) in [7, 11) is 0. The van der Waals surface area contributed by atoms with Crippen molar-refractivity contribution in [3.63, 3.8) is 0 Å². The summed E-state index contributed by atoms with van der Waals surface area (Å²) in [6, 6.07) is 0. The quantitative estimate of drug-likeness (QED) is 0.458. The largest absolute Gasteiger partial charge is 0.480 e. The van der Waals surface area contributed by atoms with Crippen LogP contribution in [0, 0.1) is 0 Å². The summed E-state index contributed by atoms with van der Waals surface area (Å²) < 4.78 is 0. The van der Waals surface area contributed by atoms with E-state index in [4.69, 9.17) is 0 Å². The fraction of sp³-hybridized carbons (Fsp3) is 0.571. The van der Waals surface area contributed by atoms with Gasteiger partial charge >= 0.3 is 5.97 Å². The van der Waals surface area contributed by atoms with Gasteiger partial charge in [-0.25, -0.2) is 4.79 Å². The first-order valence-electron chi connectivity index (χ1n) is 6.45. The molecule has 0 aromatic rings. The predicted molar refractivity (Wildman–Crippen MR) is 70.2 cm³/mol. The van der Waals surface area contributed by atoms with E-state index in [1.54, 1.807) is 12.2 Å². The molecule has 0 aliphatic heterocycles. The summed E-state index contributed by atoms with van der Waals surface area (Å²) in [4.78, 5) is 23.2. The van der Waals surface area contributed by atoms with Gasteiger partial charge in [0.25, 0.3) is 0 Å². The minimum atomic E-state index is -1.08. The van der Waals surface area contributed by atoms with Crippen molar-refractivity contribution in [3.8, 4) is 0 Å². The molecule has 0 radical (unpaired) electrons. The lowest BCUT2D eigenvalue weighted by atomic mass is 9.90. The summed E-state index contributed by atoms with van der Waals surface area (Å²) in [5.74, 6) is -1.26. The molecule has 0 aromatic carbocycles. The molecule has 1 amide bonds. The fourth-order valence-electron chi connectivity index (χ4n) is 2.26. The van der Waals surface area contributed by atoms with Crippen LogP contribution in [0.1, 0.15) is 45.4 Å². The summed E-state index contributed by atoms with van der Waals surface area (Å²) in [6.07, 6.45) is 11.4. The van der Waals surface area contributed by atoms with E-state index in [-0.39, 0.29) is 5.91 Å². The third kappa shape index (κ3) is 4.02. The van der Waals surface area contributed by atoms with Gasteiger partial charge in [0.2, 0.25) is 5.91 Å². The van der Waals surface area contributed by atoms with Crippen molar-refractivity contribution in [1.29, 1.82) is 0 Å². The number of carboxylic acids is 1. The molecule has 1 aliphatic rings. The monoisotopic (exact) mass is 251 g/mol. The van der Waals surface area contributed by atoms with E-state index in [9.17, 15) is 14.7 Å². The molecule has 0 saturated heterocycles. The standard InChI is InChI=1S/C14H21NO3/c1-2-3-6-9-12(16)15-14(13(17)18)10-7-4-5-8-11-14/h2-3,6,9H,4-5,7-8,10-11H2,1H3,(H,15,16)(H,17,18)/b3-2+,9-6+. The van der Waals surface area contributed by atoms with E-state index in [1.807, 2.05) is 13.0 Å². The highest BCUT2D eigenvalue weighted by molar-refractivity contribution is 5.93. The number of hydrogen-bond donors (Lipinski definition) is 2. The molecule has 1 saturated carbocycles. The second-order valence-electron chi connectivity index (χ2n) is 4.68. The zero-order chi connectivity index (χ0) is 13.4. The highest BCUT2D eigenvalue weighted by Gasteiger charge is 2.39. The van der Waals surface area contributed by atoms with Crippen LogP contribution in [0.2, 0.25) is 0 Å². The Kier molecular flexibility index (Phi) is 5.62. The zero-order valence-corrected chi connectivity index (χ0v) is 10.8. The number of carboxylic acid groups (broad SMARTS) is 1. The van der Waals surface area contributed by atoms with E-state index in [2.05, 4.69) is 5.32 Å². The molecule has 4 heteroatoms. The Morgan fingerprint density at radius 3 is 2.22 bits per heavy atom. The maximum Gasteiger partial charge on any atom is 0.329 e. The molecule has 0 spiro atoms. The van der Waals surface area contributed by atoms with E-state index in [0.717, 1.165) is 25.7 Å². The Morgan fingerprint density at radius 1 is 1.11 bits per heavy atom. The van der Waals surface area contributed by atoms with Crippen molar-refractivity contribution in [2.45, 2.75) is 51.0 Å². The van der Waals surface area contributed by atoms with Crippen molar-refractivity contribution >= 4 is 11.9 Å². The molecule has 0 bridgehead atoms. The number of allylic oxidation sites excluding steroid dienone is 3. The van der Waals surface area contributed by atoms with Crippen LogP contribution in [0.3, 0.4) is 0 Å². The van der Waals surface area contributed by atoms with Gasteiger partial charge in [-0.3, -0.25) is 4.79 Å². The number of carbonyl (C=O) groups is 2. The smallest absolute Gasteiger partial charge is 0.329 e. The van der Waals surface area contributed by atoms with Gasteiger partial charge in [0.15, 0.2) is 0 Å². The van der Waals surface area contributed by atoms with Crippen LogP contribution < -0.4 is 5.32 Å². The molecule has 1 fully saturated rings. The van der Waals surface area contributed by atoms with Crippen molar-refractivity contribution in [3.05, 3.63) is 24.3 Å². The Balaban J connectivity index is 2.72. The van der Waals surface area contributed by atoms with Crippen LogP contribution in [0.5, 0.6) is 0 Å². The normalized spacial score (nSPS) is 19.8. The minimum Gasteiger partial charge on any atom is -0.480 e. The van der Waals surface area contributed by atoms with Crippen LogP contribution in [0.25, 0.3) is 0 Å². The second kappa shape index (κ2) is 6.99. The van der Waals surface area contributed by atoms with Gasteiger partial charge in [0.1, 0.15) is 5.54 Å². The van der Waals surface area contributed by atoms with Gasteiger partial charge in [0, 0.05) is 6.08 Å². The molecule has 4 nitrogen and oxygen atoms in total. The average molecular weight is 251 g/mol.